The summed E-state index contributed by atoms with van der Waals surface area (Å²) in [5.41, 5.74) is 1.79. The first-order valence-corrected chi connectivity index (χ1v) is 14.4. The van der Waals surface area contributed by atoms with Crippen LogP contribution < -0.4 is 9.64 Å². The molecule has 0 amide bonds. The zero-order valence-electron chi connectivity index (χ0n) is 21.1. The molecule has 2 heterocycles. The van der Waals surface area contributed by atoms with Crippen LogP contribution in [0.3, 0.4) is 0 Å². The minimum absolute atomic E-state index is 0.00898. The Morgan fingerprint density at radius 3 is 2.56 bits per heavy atom. The standard InChI is InChI=1S/C28H27Cl2N3O5S/c1-37-21-8-14(27(35)36)9-22-25(21)32-28(39-22)33-11-15-7-16(33)10-20(15)38-12-17(26(34)13-5-6-13)24(31)23-18(29)3-2-4-19(23)30/h2-4,8-9,13,15-16,20,31,34H,5-7,10-12H2,1H3,(H,35,36)/b26-17-,31-24?. The Hall–Kier alpha value is -2.85. The number of benzene rings is 2. The lowest BCUT2D eigenvalue weighted by molar-refractivity contribution is 0.0390. The van der Waals surface area contributed by atoms with Crippen LogP contribution in [0.5, 0.6) is 5.75 Å². The fraction of sp³-hybridized carbons (Fsp3) is 0.393. The van der Waals surface area contributed by atoms with E-state index in [0.717, 1.165) is 42.1 Å². The number of allylic oxidation sites excluding steroid dienone is 1. The maximum Gasteiger partial charge on any atom is 0.335 e. The highest BCUT2D eigenvalue weighted by atomic mass is 35.5. The van der Waals surface area contributed by atoms with Gasteiger partial charge in [-0.1, -0.05) is 40.6 Å². The Morgan fingerprint density at radius 1 is 1.21 bits per heavy atom. The Bertz CT molecular complexity index is 1500. The van der Waals surface area contributed by atoms with Gasteiger partial charge in [0.15, 0.2) is 5.13 Å². The lowest BCUT2D eigenvalue weighted by atomic mass is 9.99. The molecule has 39 heavy (non-hydrogen) atoms. The van der Waals surface area contributed by atoms with Crippen LogP contribution in [-0.2, 0) is 4.74 Å². The Kier molecular flexibility index (Phi) is 6.95. The lowest BCUT2D eigenvalue weighted by Gasteiger charge is -2.31. The third-order valence-electron chi connectivity index (χ3n) is 7.87. The molecule has 11 heteroatoms. The summed E-state index contributed by atoms with van der Waals surface area (Å²) in [6.07, 6.45) is 3.53. The number of carboxylic acid groups (broad SMARTS) is 1. The molecule has 204 valence electrons. The summed E-state index contributed by atoms with van der Waals surface area (Å²) in [5, 5.41) is 30.8. The van der Waals surface area contributed by atoms with E-state index in [4.69, 9.17) is 43.1 Å². The molecule has 3 aromatic rings. The number of rotatable bonds is 9. The summed E-state index contributed by atoms with van der Waals surface area (Å²) < 4.78 is 12.6. The molecular formula is C28H27Cl2N3O5S. The van der Waals surface area contributed by atoms with Gasteiger partial charge in [0.05, 0.1) is 45.8 Å². The molecule has 1 saturated heterocycles. The van der Waals surface area contributed by atoms with Gasteiger partial charge in [0, 0.05) is 35.6 Å². The molecule has 3 N–H and O–H groups in total. The van der Waals surface area contributed by atoms with Crippen LogP contribution in [0, 0.1) is 17.2 Å². The number of aliphatic hydroxyl groups excluding tert-OH is 1. The maximum atomic E-state index is 11.5. The fourth-order valence-electron chi connectivity index (χ4n) is 5.69. The van der Waals surface area contributed by atoms with Crippen molar-refractivity contribution >= 4 is 61.6 Å². The van der Waals surface area contributed by atoms with E-state index in [2.05, 4.69) is 4.90 Å². The molecule has 2 bridgehead atoms. The number of piperidine rings is 1. The zero-order chi connectivity index (χ0) is 27.4. The van der Waals surface area contributed by atoms with Crippen molar-refractivity contribution < 1.29 is 24.5 Å². The summed E-state index contributed by atoms with van der Waals surface area (Å²) in [5.74, 6) is -0.0190. The molecular weight excluding hydrogens is 561 g/mol. The number of carbonyl (C=O) groups is 1. The molecule has 1 aromatic heterocycles. The number of aliphatic hydroxyl groups is 1. The first-order valence-electron chi connectivity index (χ1n) is 12.8. The van der Waals surface area contributed by atoms with Gasteiger partial charge in [0.25, 0.3) is 0 Å². The third kappa shape index (κ3) is 4.86. The highest BCUT2D eigenvalue weighted by Crippen LogP contribution is 2.45. The van der Waals surface area contributed by atoms with Crippen LogP contribution in [0.4, 0.5) is 5.13 Å². The molecule has 2 aliphatic carbocycles. The number of hydrogen-bond acceptors (Lipinski definition) is 8. The van der Waals surface area contributed by atoms with Gasteiger partial charge in [0.2, 0.25) is 0 Å². The quantitative estimate of drug-likeness (QED) is 0.191. The maximum absolute atomic E-state index is 11.5. The highest BCUT2D eigenvalue weighted by Gasteiger charge is 2.46. The van der Waals surface area contributed by atoms with Gasteiger partial charge < -0.3 is 24.6 Å². The second-order valence-electron chi connectivity index (χ2n) is 10.3. The summed E-state index contributed by atoms with van der Waals surface area (Å²) in [6, 6.07) is 8.50. The van der Waals surface area contributed by atoms with E-state index < -0.39 is 5.97 Å². The largest absolute Gasteiger partial charge is 0.512 e. The van der Waals surface area contributed by atoms with E-state index in [-0.39, 0.29) is 47.6 Å². The molecule has 3 aliphatic rings. The summed E-state index contributed by atoms with van der Waals surface area (Å²) >= 11 is 14.2. The number of anilines is 1. The van der Waals surface area contributed by atoms with Gasteiger partial charge in [-0.05, 0) is 49.9 Å². The van der Waals surface area contributed by atoms with Crippen LogP contribution in [0.25, 0.3) is 10.2 Å². The molecule has 6 rings (SSSR count). The summed E-state index contributed by atoms with van der Waals surface area (Å²) in [7, 11) is 1.52. The number of ether oxygens (including phenoxy) is 2. The zero-order valence-corrected chi connectivity index (χ0v) is 23.4. The number of hydrogen-bond donors (Lipinski definition) is 3. The SMILES string of the molecule is COc1cc(C(=O)O)cc2sc(N3CC4CC3CC4OC/C(C(=N)c3c(Cl)cccc3Cl)=C(/O)C3CC3)nc12. The first-order chi connectivity index (χ1) is 18.7. The number of thiazole rings is 1. The van der Waals surface area contributed by atoms with Gasteiger partial charge in [-0.15, -0.1) is 0 Å². The fourth-order valence-corrected chi connectivity index (χ4v) is 7.38. The molecule has 3 fully saturated rings. The molecule has 2 aromatic carbocycles. The van der Waals surface area contributed by atoms with E-state index in [1.54, 1.807) is 24.3 Å². The van der Waals surface area contributed by atoms with Crippen molar-refractivity contribution in [3.8, 4) is 5.75 Å². The van der Waals surface area contributed by atoms with Gasteiger partial charge in [-0.25, -0.2) is 9.78 Å². The highest BCUT2D eigenvalue weighted by molar-refractivity contribution is 7.22. The molecule has 2 saturated carbocycles. The number of carboxylic acids is 1. The summed E-state index contributed by atoms with van der Waals surface area (Å²) in [6.45, 7) is 0.887. The minimum Gasteiger partial charge on any atom is -0.512 e. The number of aromatic carboxylic acids is 1. The average Bonchev–Trinajstić information content (AvgIpc) is 3.36. The normalized spacial score (nSPS) is 22.8. The summed E-state index contributed by atoms with van der Waals surface area (Å²) in [4.78, 5) is 18.6. The number of aromatic nitrogens is 1. The first kappa shape index (κ1) is 26.4. The van der Waals surface area contributed by atoms with Gasteiger partial charge in [-0.3, -0.25) is 5.41 Å². The topological polar surface area (TPSA) is 116 Å². The number of nitrogens with zero attached hydrogens (tertiary/aromatic N) is 2. The van der Waals surface area contributed by atoms with Crippen molar-refractivity contribution in [2.45, 2.75) is 37.8 Å². The van der Waals surface area contributed by atoms with E-state index in [9.17, 15) is 15.0 Å². The van der Waals surface area contributed by atoms with Crippen molar-refractivity contribution in [1.82, 2.24) is 4.98 Å². The molecule has 3 unspecified atom stereocenters. The van der Waals surface area contributed by atoms with Crippen LogP contribution >= 0.6 is 34.5 Å². The van der Waals surface area contributed by atoms with Crippen molar-refractivity contribution in [2.24, 2.45) is 11.8 Å². The van der Waals surface area contributed by atoms with Gasteiger partial charge in [0.1, 0.15) is 17.0 Å². The molecule has 8 nitrogen and oxygen atoms in total. The van der Waals surface area contributed by atoms with Crippen LogP contribution in [-0.4, -0.2) is 59.3 Å². The Balaban J connectivity index is 1.18. The molecule has 0 radical (unpaired) electrons. The average molecular weight is 589 g/mol. The van der Waals surface area contributed by atoms with Crippen LogP contribution in [0.15, 0.2) is 41.7 Å². The smallest absolute Gasteiger partial charge is 0.335 e. The predicted octanol–water partition coefficient (Wildman–Crippen LogP) is 6.58. The Labute approximate surface area is 239 Å². The van der Waals surface area contributed by atoms with Crippen molar-refractivity contribution in [1.29, 1.82) is 5.41 Å². The van der Waals surface area contributed by atoms with Crippen molar-refractivity contribution in [3.63, 3.8) is 0 Å². The second kappa shape index (κ2) is 10.3. The van der Waals surface area contributed by atoms with Crippen molar-refractivity contribution in [2.75, 3.05) is 25.2 Å². The molecule has 0 spiro atoms. The minimum atomic E-state index is -1.00. The number of halogens is 2. The molecule has 3 atom stereocenters. The monoisotopic (exact) mass is 587 g/mol. The Morgan fingerprint density at radius 2 is 1.95 bits per heavy atom. The van der Waals surface area contributed by atoms with E-state index in [1.807, 2.05) is 0 Å². The number of fused-ring (bicyclic) bond motifs is 3. The van der Waals surface area contributed by atoms with E-state index in [1.165, 1.54) is 24.5 Å². The van der Waals surface area contributed by atoms with E-state index >= 15 is 0 Å². The van der Waals surface area contributed by atoms with E-state index in [0.29, 0.717) is 32.4 Å². The van der Waals surface area contributed by atoms with Crippen LogP contribution in [0.2, 0.25) is 10.0 Å². The lowest BCUT2D eigenvalue weighted by Crippen LogP contribution is -2.39. The molecule has 1 aliphatic heterocycles. The predicted molar refractivity (Wildman–Crippen MR) is 152 cm³/mol. The third-order valence-corrected chi connectivity index (χ3v) is 9.54. The second-order valence-corrected chi connectivity index (χ2v) is 12.1. The van der Waals surface area contributed by atoms with Gasteiger partial charge in [-0.2, -0.15) is 0 Å². The van der Waals surface area contributed by atoms with Gasteiger partial charge >= 0.3 is 5.97 Å². The van der Waals surface area contributed by atoms with Crippen molar-refractivity contribution in [3.05, 3.63) is 62.8 Å². The number of methoxy groups -OCH3 is 1. The number of nitrogens with one attached hydrogen (secondary N) is 1. The van der Waals surface area contributed by atoms with Crippen LogP contribution in [0.1, 0.15) is 41.6 Å².